The lowest BCUT2D eigenvalue weighted by molar-refractivity contribution is 0.127. The molecule has 0 radical (unpaired) electrons. The van der Waals surface area contributed by atoms with Crippen LogP contribution >= 0.6 is 0 Å². The number of hydrogen-bond acceptors (Lipinski definition) is 3. The fourth-order valence-electron chi connectivity index (χ4n) is 4.69. The molecule has 1 aliphatic rings. The predicted octanol–water partition coefficient (Wildman–Crippen LogP) is 6.28. The third-order valence-electron chi connectivity index (χ3n) is 7.05. The Bertz CT molecular complexity index is 996. The highest BCUT2D eigenvalue weighted by Crippen LogP contribution is 2.26. The molecule has 33 heavy (non-hydrogen) atoms. The number of aliphatic hydroxyl groups excluding tert-OH is 1. The first-order valence-electron chi connectivity index (χ1n) is 12.5. The molecule has 1 unspecified atom stereocenters. The van der Waals surface area contributed by atoms with E-state index < -0.39 is 6.10 Å². The molecular formula is C29H39N3O. The predicted molar refractivity (Wildman–Crippen MR) is 136 cm³/mol. The molecule has 0 amide bonds. The van der Waals surface area contributed by atoms with E-state index in [1.807, 2.05) is 32.2 Å². The first-order valence-corrected chi connectivity index (χ1v) is 12.5. The van der Waals surface area contributed by atoms with Crippen molar-refractivity contribution in [2.24, 2.45) is 11.8 Å². The zero-order chi connectivity index (χ0) is 23.4. The van der Waals surface area contributed by atoms with Crippen LogP contribution in [0.2, 0.25) is 0 Å². The van der Waals surface area contributed by atoms with Crippen molar-refractivity contribution in [1.82, 2.24) is 14.7 Å². The summed E-state index contributed by atoms with van der Waals surface area (Å²) in [4.78, 5) is 2.58. The average molecular weight is 446 g/mol. The van der Waals surface area contributed by atoms with Gasteiger partial charge in [-0.15, -0.1) is 0 Å². The Balaban J connectivity index is 1.27. The number of piperidine rings is 1. The number of benzene rings is 2. The van der Waals surface area contributed by atoms with Crippen LogP contribution in [-0.2, 0) is 13.1 Å². The van der Waals surface area contributed by atoms with E-state index >= 15 is 0 Å². The van der Waals surface area contributed by atoms with Gasteiger partial charge in [-0.05, 0) is 71.5 Å². The fourth-order valence-corrected chi connectivity index (χ4v) is 4.69. The topological polar surface area (TPSA) is 41.3 Å². The highest BCUT2D eigenvalue weighted by molar-refractivity contribution is 5.64. The van der Waals surface area contributed by atoms with Crippen molar-refractivity contribution < 1.29 is 5.11 Å². The molecule has 1 atom stereocenters. The first kappa shape index (κ1) is 23.7. The van der Waals surface area contributed by atoms with Crippen LogP contribution in [0.3, 0.4) is 0 Å². The Kier molecular flexibility index (Phi) is 7.67. The zero-order valence-electron chi connectivity index (χ0n) is 20.6. The minimum Gasteiger partial charge on any atom is -0.388 e. The van der Waals surface area contributed by atoms with Gasteiger partial charge in [0.25, 0.3) is 0 Å². The molecule has 0 spiro atoms. The third kappa shape index (κ3) is 6.13. The van der Waals surface area contributed by atoms with Crippen molar-refractivity contribution in [2.45, 2.75) is 65.6 Å². The van der Waals surface area contributed by atoms with Crippen molar-refractivity contribution in [3.8, 4) is 11.1 Å². The zero-order valence-corrected chi connectivity index (χ0v) is 20.6. The third-order valence-corrected chi connectivity index (χ3v) is 7.05. The standard InChI is InChI=1S/C29H39N3O/c1-21(2)28-17-30-32(20-28)19-24-13-15-31(16-14-24)18-23-5-7-25(8-6-23)26-9-11-27(12-10-26)29(33)22(3)4/h5-12,17,20-22,24,29,33H,13-16,18-19H2,1-4H3. The molecule has 3 aromatic rings. The van der Waals surface area contributed by atoms with Crippen LogP contribution in [0.25, 0.3) is 11.1 Å². The van der Waals surface area contributed by atoms with Gasteiger partial charge in [0.05, 0.1) is 12.3 Å². The van der Waals surface area contributed by atoms with E-state index in [4.69, 9.17) is 0 Å². The molecule has 2 aromatic carbocycles. The summed E-state index contributed by atoms with van der Waals surface area (Å²) in [5.41, 5.74) is 6.11. The molecule has 4 rings (SSSR count). The van der Waals surface area contributed by atoms with E-state index in [2.05, 4.69) is 71.1 Å². The second-order valence-electron chi connectivity index (χ2n) is 10.4. The maximum Gasteiger partial charge on any atom is 0.0812 e. The number of aromatic nitrogens is 2. The maximum absolute atomic E-state index is 10.3. The maximum atomic E-state index is 10.3. The summed E-state index contributed by atoms with van der Waals surface area (Å²) in [6, 6.07) is 17.3. The quantitative estimate of drug-likeness (QED) is 0.444. The van der Waals surface area contributed by atoms with Crippen LogP contribution < -0.4 is 0 Å². The van der Waals surface area contributed by atoms with Gasteiger partial charge in [0.1, 0.15) is 0 Å². The van der Waals surface area contributed by atoms with E-state index in [1.165, 1.54) is 35.1 Å². The first-order chi connectivity index (χ1) is 15.9. The molecule has 1 N–H and O–H groups in total. The number of hydrogen-bond donors (Lipinski definition) is 1. The van der Waals surface area contributed by atoms with E-state index in [1.54, 1.807) is 0 Å². The molecule has 0 saturated carbocycles. The van der Waals surface area contributed by atoms with Gasteiger partial charge in [-0.2, -0.15) is 5.10 Å². The van der Waals surface area contributed by atoms with E-state index in [9.17, 15) is 5.11 Å². The highest BCUT2D eigenvalue weighted by Gasteiger charge is 2.20. The Hall–Kier alpha value is -2.43. The van der Waals surface area contributed by atoms with Gasteiger partial charge in [-0.25, -0.2) is 0 Å². The van der Waals surface area contributed by atoms with Gasteiger partial charge in [0.15, 0.2) is 0 Å². The summed E-state index contributed by atoms with van der Waals surface area (Å²) in [7, 11) is 0. The van der Waals surface area contributed by atoms with Crippen LogP contribution in [-0.4, -0.2) is 32.9 Å². The molecule has 1 fully saturated rings. The van der Waals surface area contributed by atoms with Gasteiger partial charge in [-0.1, -0.05) is 76.2 Å². The summed E-state index contributed by atoms with van der Waals surface area (Å²) in [6.07, 6.45) is 6.32. The van der Waals surface area contributed by atoms with Gasteiger partial charge < -0.3 is 5.11 Å². The SMILES string of the molecule is CC(C)c1cnn(CC2CCN(Cc3ccc(-c4ccc(C(O)C(C)C)cc4)cc3)CC2)c1. The Labute approximate surface area is 199 Å². The highest BCUT2D eigenvalue weighted by atomic mass is 16.3. The van der Waals surface area contributed by atoms with Gasteiger partial charge in [0, 0.05) is 19.3 Å². The smallest absolute Gasteiger partial charge is 0.0812 e. The molecule has 1 aliphatic heterocycles. The normalized spacial score (nSPS) is 16.6. The molecule has 4 nitrogen and oxygen atoms in total. The molecule has 0 aliphatic carbocycles. The Morgan fingerprint density at radius 2 is 1.48 bits per heavy atom. The lowest BCUT2D eigenvalue weighted by Gasteiger charge is -2.32. The van der Waals surface area contributed by atoms with Crippen LogP contribution in [0.1, 0.15) is 69.2 Å². The second kappa shape index (κ2) is 10.7. The minimum absolute atomic E-state index is 0.225. The number of rotatable bonds is 8. The lowest BCUT2D eigenvalue weighted by atomic mass is 9.95. The van der Waals surface area contributed by atoms with E-state index in [-0.39, 0.29) is 5.92 Å². The van der Waals surface area contributed by atoms with Crippen LogP contribution in [0, 0.1) is 11.8 Å². The lowest BCUT2D eigenvalue weighted by Crippen LogP contribution is -2.34. The largest absolute Gasteiger partial charge is 0.388 e. The van der Waals surface area contributed by atoms with Crippen LogP contribution in [0.4, 0.5) is 0 Å². The molecule has 4 heteroatoms. The van der Waals surface area contributed by atoms with Crippen molar-refractivity contribution in [2.75, 3.05) is 13.1 Å². The Morgan fingerprint density at radius 1 is 0.879 bits per heavy atom. The number of likely N-dealkylation sites (tertiary alicyclic amines) is 1. The van der Waals surface area contributed by atoms with Crippen LogP contribution in [0.5, 0.6) is 0 Å². The molecule has 0 bridgehead atoms. The number of aliphatic hydroxyl groups is 1. The van der Waals surface area contributed by atoms with Crippen LogP contribution in [0.15, 0.2) is 60.9 Å². The van der Waals surface area contributed by atoms with Crippen molar-refractivity contribution in [3.63, 3.8) is 0 Å². The Morgan fingerprint density at radius 3 is 2.03 bits per heavy atom. The average Bonchev–Trinajstić information content (AvgIpc) is 3.29. The van der Waals surface area contributed by atoms with Crippen molar-refractivity contribution in [3.05, 3.63) is 77.6 Å². The second-order valence-corrected chi connectivity index (χ2v) is 10.4. The van der Waals surface area contributed by atoms with Crippen molar-refractivity contribution in [1.29, 1.82) is 0 Å². The minimum atomic E-state index is -0.400. The van der Waals surface area contributed by atoms with Gasteiger partial charge >= 0.3 is 0 Å². The summed E-state index contributed by atoms with van der Waals surface area (Å²) in [5, 5.41) is 14.8. The summed E-state index contributed by atoms with van der Waals surface area (Å²) in [6.45, 7) is 12.9. The molecule has 1 saturated heterocycles. The number of nitrogens with zero attached hydrogens (tertiary/aromatic N) is 3. The fraction of sp³-hybridized carbons (Fsp3) is 0.483. The summed E-state index contributed by atoms with van der Waals surface area (Å²) < 4.78 is 2.14. The monoisotopic (exact) mass is 445 g/mol. The summed E-state index contributed by atoms with van der Waals surface area (Å²) in [5.74, 6) is 1.49. The molecule has 2 heterocycles. The van der Waals surface area contributed by atoms with Gasteiger partial charge in [-0.3, -0.25) is 9.58 Å². The molecule has 1 aromatic heterocycles. The summed E-state index contributed by atoms with van der Waals surface area (Å²) >= 11 is 0. The molecular weight excluding hydrogens is 406 g/mol. The van der Waals surface area contributed by atoms with Crippen molar-refractivity contribution >= 4 is 0 Å². The molecule has 176 valence electrons. The van der Waals surface area contributed by atoms with E-state index in [0.29, 0.717) is 5.92 Å². The van der Waals surface area contributed by atoms with Gasteiger partial charge in [0.2, 0.25) is 0 Å². The van der Waals surface area contributed by atoms with E-state index in [0.717, 1.165) is 37.7 Å².